The molecule has 1 aromatic heterocycles. The third-order valence-electron chi connectivity index (χ3n) is 7.26. The molecule has 3 heterocycles. The van der Waals surface area contributed by atoms with Crippen molar-refractivity contribution in [1.82, 2.24) is 9.88 Å². The number of carbonyl (C=O) groups is 1. The van der Waals surface area contributed by atoms with Gasteiger partial charge < -0.3 is 14.7 Å². The lowest BCUT2D eigenvalue weighted by molar-refractivity contribution is -0.136. The van der Waals surface area contributed by atoms with Crippen LogP contribution in [0.4, 0.5) is 5.13 Å². The van der Waals surface area contributed by atoms with Crippen molar-refractivity contribution in [2.45, 2.75) is 44.1 Å². The number of benzene rings is 2. The van der Waals surface area contributed by atoms with Crippen LogP contribution in [0.15, 0.2) is 36.4 Å². The quantitative estimate of drug-likeness (QED) is 0.375. The fourth-order valence-corrected chi connectivity index (χ4v) is 6.81. The zero-order valence-corrected chi connectivity index (χ0v) is 21.8. The molecule has 2 aliphatic heterocycles. The first-order valence-corrected chi connectivity index (χ1v) is 13.7. The summed E-state index contributed by atoms with van der Waals surface area (Å²) in [5.41, 5.74) is 1.79. The molecule has 0 aliphatic carbocycles. The normalized spacial score (nSPS) is 18.3. The molecule has 0 spiro atoms. The molecule has 2 aliphatic rings. The number of aromatic nitrogens is 1. The number of nitrogens with zero attached hydrogens (tertiary/aromatic N) is 3. The third kappa shape index (κ3) is 5.53. The molecule has 0 radical (unpaired) electrons. The maximum atomic E-state index is 11.1. The number of ether oxygens (including phenoxy) is 1. The molecule has 6 nitrogen and oxygen atoms in total. The average molecular weight is 535 g/mol. The third-order valence-corrected chi connectivity index (χ3v) is 8.88. The standard InChI is InChI=1S/C26H29Cl2N3O3S/c27-19-4-6-21-23(17-19)35-25(29-21)30-12-7-26(8-13-30,31-10-1-2-11-31)9-14-34-22-15-18(16-24(32)33)3-5-20(22)28/h3-6,15,17H,1-2,7-14,16H2,(H,32,33). The van der Waals surface area contributed by atoms with Crippen LogP contribution in [0.3, 0.4) is 0 Å². The Morgan fingerprint density at radius 1 is 1.09 bits per heavy atom. The predicted molar refractivity (Wildman–Crippen MR) is 143 cm³/mol. The van der Waals surface area contributed by atoms with Gasteiger partial charge in [-0.15, -0.1) is 0 Å². The number of rotatable bonds is 8. The van der Waals surface area contributed by atoms with E-state index < -0.39 is 5.97 Å². The van der Waals surface area contributed by atoms with Gasteiger partial charge in [-0.1, -0.05) is 40.6 Å². The summed E-state index contributed by atoms with van der Waals surface area (Å²) in [5.74, 6) is -0.304. The lowest BCUT2D eigenvalue weighted by Gasteiger charge is -2.47. The Hall–Kier alpha value is -2.06. The number of aliphatic carboxylic acids is 1. The summed E-state index contributed by atoms with van der Waals surface area (Å²) < 4.78 is 7.25. The van der Waals surface area contributed by atoms with Gasteiger partial charge in [-0.3, -0.25) is 9.69 Å². The van der Waals surface area contributed by atoms with Crippen LogP contribution in [0.5, 0.6) is 5.75 Å². The Labute approximate surface area is 219 Å². The molecule has 9 heteroatoms. The van der Waals surface area contributed by atoms with Crippen molar-refractivity contribution in [3.8, 4) is 5.75 Å². The summed E-state index contributed by atoms with van der Waals surface area (Å²) >= 11 is 14.2. The molecule has 2 fully saturated rings. The second-order valence-corrected chi connectivity index (χ2v) is 11.3. The van der Waals surface area contributed by atoms with Gasteiger partial charge in [0, 0.05) is 23.7 Å². The second-order valence-electron chi connectivity index (χ2n) is 9.45. The minimum atomic E-state index is -0.866. The van der Waals surface area contributed by atoms with E-state index >= 15 is 0 Å². The van der Waals surface area contributed by atoms with Gasteiger partial charge in [-0.2, -0.15) is 0 Å². The van der Waals surface area contributed by atoms with Gasteiger partial charge in [0.05, 0.1) is 28.3 Å². The van der Waals surface area contributed by atoms with Crippen molar-refractivity contribution in [3.63, 3.8) is 0 Å². The fourth-order valence-electron chi connectivity index (χ4n) is 5.35. The van der Waals surface area contributed by atoms with E-state index in [0.29, 0.717) is 22.9 Å². The topological polar surface area (TPSA) is 65.9 Å². The van der Waals surface area contributed by atoms with Crippen molar-refractivity contribution in [3.05, 3.63) is 52.0 Å². The van der Waals surface area contributed by atoms with E-state index in [1.807, 2.05) is 18.2 Å². The Morgan fingerprint density at radius 2 is 1.86 bits per heavy atom. The van der Waals surface area contributed by atoms with Crippen LogP contribution in [0.25, 0.3) is 10.2 Å². The van der Waals surface area contributed by atoms with Crippen molar-refractivity contribution >= 4 is 55.9 Å². The molecule has 0 atom stereocenters. The molecule has 5 rings (SSSR count). The number of anilines is 1. The Balaban J connectivity index is 1.26. The highest BCUT2D eigenvalue weighted by Gasteiger charge is 2.41. The maximum absolute atomic E-state index is 11.1. The van der Waals surface area contributed by atoms with Gasteiger partial charge in [0.1, 0.15) is 5.75 Å². The number of halogens is 2. The van der Waals surface area contributed by atoms with Crippen LogP contribution in [-0.2, 0) is 11.2 Å². The van der Waals surface area contributed by atoms with Gasteiger partial charge in [0.2, 0.25) is 0 Å². The summed E-state index contributed by atoms with van der Waals surface area (Å²) in [6.45, 7) is 4.73. The molecule has 0 unspecified atom stereocenters. The van der Waals surface area contributed by atoms with E-state index in [4.69, 9.17) is 38.0 Å². The zero-order chi connectivity index (χ0) is 24.4. The predicted octanol–water partition coefficient (Wildman–Crippen LogP) is 6.13. The summed E-state index contributed by atoms with van der Waals surface area (Å²) in [7, 11) is 0. The number of fused-ring (bicyclic) bond motifs is 1. The highest BCUT2D eigenvalue weighted by atomic mass is 35.5. The van der Waals surface area contributed by atoms with Crippen LogP contribution in [0.1, 0.15) is 37.7 Å². The largest absolute Gasteiger partial charge is 0.492 e. The molecule has 1 N–H and O–H groups in total. The first-order chi connectivity index (χ1) is 16.9. The number of piperidine rings is 1. The molecule has 186 valence electrons. The Bertz CT molecular complexity index is 1200. The monoisotopic (exact) mass is 533 g/mol. The van der Waals surface area contributed by atoms with Crippen molar-refractivity contribution in [2.24, 2.45) is 0 Å². The van der Waals surface area contributed by atoms with Gasteiger partial charge in [0.25, 0.3) is 0 Å². The van der Waals surface area contributed by atoms with Crippen LogP contribution in [0.2, 0.25) is 10.0 Å². The lowest BCUT2D eigenvalue weighted by atomic mass is 9.83. The van der Waals surface area contributed by atoms with Crippen LogP contribution in [-0.4, -0.2) is 59.3 Å². The van der Waals surface area contributed by atoms with Crippen LogP contribution >= 0.6 is 34.5 Å². The number of likely N-dealkylation sites (tertiary alicyclic amines) is 1. The first-order valence-electron chi connectivity index (χ1n) is 12.1. The molecule has 0 amide bonds. The second kappa shape index (κ2) is 10.5. The zero-order valence-electron chi connectivity index (χ0n) is 19.5. The van der Waals surface area contributed by atoms with Crippen LogP contribution in [0, 0.1) is 0 Å². The molecule has 0 saturated carbocycles. The summed E-state index contributed by atoms with van der Waals surface area (Å²) in [6.07, 6.45) is 5.47. The molecule has 35 heavy (non-hydrogen) atoms. The van der Waals surface area contributed by atoms with E-state index in [-0.39, 0.29) is 12.0 Å². The van der Waals surface area contributed by atoms with E-state index in [2.05, 4.69) is 9.80 Å². The van der Waals surface area contributed by atoms with E-state index in [1.54, 1.807) is 29.5 Å². The average Bonchev–Trinajstić information content (AvgIpc) is 3.51. The van der Waals surface area contributed by atoms with E-state index in [1.165, 1.54) is 12.8 Å². The molecule has 0 bridgehead atoms. The van der Waals surface area contributed by atoms with Gasteiger partial charge >= 0.3 is 5.97 Å². The number of hydrogen-bond donors (Lipinski definition) is 1. The van der Waals surface area contributed by atoms with Gasteiger partial charge in [-0.05, 0) is 81.1 Å². The highest BCUT2D eigenvalue weighted by molar-refractivity contribution is 7.22. The van der Waals surface area contributed by atoms with E-state index in [9.17, 15) is 4.79 Å². The highest BCUT2D eigenvalue weighted by Crippen LogP contribution is 2.39. The fraction of sp³-hybridized carbons (Fsp3) is 0.462. The minimum Gasteiger partial charge on any atom is -0.492 e. The lowest BCUT2D eigenvalue weighted by Crippen LogP contribution is -2.55. The molecular formula is C26H29Cl2N3O3S. The molecular weight excluding hydrogens is 505 g/mol. The minimum absolute atomic E-state index is 0.0426. The maximum Gasteiger partial charge on any atom is 0.307 e. The Kier molecular flexibility index (Phi) is 7.39. The molecule has 3 aromatic rings. The van der Waals surface area contributed by atoms with Crippen molar-refractivity contribution in [2.75, 3.05) is 37.7 Å². The number of thiazole rings is 1. The van der Waals surface area contributed by atoms with Crippen LogP contribution < -0.4 is 9.64 Å². The van der Waals surface area contributed by atoms with Crippen molar-refractivity contribution in [1.29, 1.82) is 0 Å². The molecule has 2 aromatic carbocycles. The number of carboxylic acids is 1. The SMILES string of the molecule is O=C(O)Cc1ccc(Cl)c(OCCC2(N3CCCC3)CCN(c3nc4ccc(Cl)cc4s3)CC2)c1. The summed E-state index contributed by atoms with van der Waals surface area (Å²) in [6, 6.07) is 11.1. The Morgan fingerprint density at radius 3 is 2.60 bits per heavy atom. The van der Waals surface area contributed by atoms with Gasteiger partial charge in [0.15, 0.2) is 5.13 Å². The van der Waals surface area contributed by atoms with Crippen molar-refractivity contribution < 1.29 is 14.6 Å². The first kappa shape index (κ1) is 24.6. The van der Waals surface area contributed by atoms with E-state index in [0.717, 1.165) is 65.8 Å². The van der Waals surface area contributed by atoms with Gasteiger partial charge in [-0.25, -0.2) is 4.98 Å². The summed E-state index contributed by atoms with van der Waals surface area (Å²) in [4.78, 5) is 21.0. The smallest absolute Gasteiger partial charge is 0.307 e. The number of hydrogen-bond acceptors (Lipinski definition) is 6. The summed E-state index contributed by atoms with van der Waals surface area (Å²) in [5, 5.41) is 11.4. The number of carboxylic acid groups (broad SMARTS) is 1. The molecule has 2 saturated heterocycles.